The van der Waals surface area contributed by atoms with E-state index in [1.54, 1.807) is 31.9 Å². The molecule has 0 aliphatic heterocycles. The van der Waals surface area contributed by atoms with Crippen LogP contribution in [0.2, 0.25) is 0 Å². The highest BCUT2D eigenvalue weighted by molar-refractivity contribution is 5.31. The number of rotatable bonds is 3. The Kier molecular flexibility index (Phi) is 3.07. The number of nitrogens with two attached hydrogens (primary N) is 1. The van der Waals surface area contributed by atoms with Gasteiger partial charge in [-0.25, -0.2) is 9.97 Å². The number of pyridine rings is 1. The van der Waals surface area contributed by atoms with E-state index < -0.39 is 0 Å². The van der Waals surface area contributed by atoms with Crippen LogP contribution in [0, 0.1) is 0 Å². The lowest BCUT2D eigenvalue weighted by Crippen LogP contribution is -2.12. The van der Waals surface area contributed by atoms with Gasteiger partial charge in [0.1, 0.15) is 12.1 Å². The van der Waals surface area contributed by atoms with Crippen molar-refractivity contribution < 1.29 is 4.74 Å². The van der Waals surface area contributed by atoms with Gasteiger partial charge in [-0.05, 0) is 11.6 Å². The molecule has 5 heteroatoms. The predicted octanol–water partition coefficient (Wildman–Crippen LogP) is 0.928. The Labute approximate surface area is 93.3 Å². The maximum Gasteiger partial charge on any atom is 0.137 e. The van der Waals surface area contributed by atoms with Gasteiger partial charge >= 0.3 is 0 Å². The third-order valence-electron chi connectivity index (χ3n) is 2.27. The SMILES string of the molecule is COc1cncc(C(N)c2cncnc2)c1. The molecule has 5 nitrogen and oxygen atoms in total. The summed E-state index contributed by atoms with van der Waals surface area (Å²) in [5.41, 5.74) is 7.78. The van der Waals surface area contributed by atoms with Crippen LogP contribution in [-0.4, -0.2) is 22.1 Å². The second kappa shape index (κ2) is 4.67. The first kappa shape index (κ1) is 10.5. The van der Waals surface area contributed by atoms with Gasteiger partial charge in [0.25, 0.3) is 0 Å². The molecule has 16 heavy (non-hydrogen) atoms. The minimum Gasteiger partial charge on any atom is -0.495 e. The van der Waals surface area contributed by atoms with Gasteiger partial charge in [-0.1, -0.05) is 0 Å². The van der Waals surface area contributed by atoms with E-state index in [1.807, 2.05) is 6.07 Å². The van der Waals surface area contributed by atoms with Gasteiger partial charge in [0.2, 0.25) is 0 Å². The topological polar surface area (TPSA) is 73.9 Å². The summed E-state index contributed by atoms with van der Waals surface area (Å²) in [7, 11) is 1.60. The van der Waals surface area contributed by atoms with Gasteiger partial charge in [0.05, 0.1) is 19.3 Å². The van der Waals surface area contributed by atoms with Gasteiger partial charge in [-0.2, -0.15) is 0 Å². The molecule has 2 N–H and O–H groups in total. The van der Waals surface area contributed by atoms with E-state index in [4.69, 9.17) is 10.5 Å². The van der Waals surface area contributed by atoms with Crippen molar-refractivity contribution in [2.24, 2.45) is 5.73 Å². The number of nitrogens with zero attached hydrogens (tertiary/aromatic N) is 3. The fraction of sp³-hybridized carbons (Fsp3) is 0.182. The van der Waals surface area contributed by atoms with E-state index in [1.165, 1.54) is 6.33 Å². The average Bonchev–Trinajstić information content (AvgIpc) is 2.39. The largest absolute Gasteiger partial charge is 0.495 e. The van der Waals surface area contributed by atoms with Crippen LogP contribution in [0.25, 0.3) is 0 Å². The number of hydrogen-bond donors (Lipinski definition) is 1. The normalized spacial score (nSPS) is 12.1. The fourth-order valence-electron chi connectivity index (χ4n) is 1.38. The van der Waals surface area contributed by atoms with Gasteiger partial charge < -0.3 is 10.5 Å². The van der Waals surface area contributed by atoms with Crippen molar-refractivity contribution >= 4 is 0 Å². The third-order valence-corrected chi connectivity index (χ3v) is 2.27. The number of methoxy groups -OCH3 is 1. The van der Waals surface area contributed by atoms with Crippen LogP contribution in [0.1, 0.15) is 17.2 Å². The minimum absolute atomic E-state index is 0.288. The molecule has 2 heterocycles. The van der Waals surface area contributed by atoms with Gasteiger partial charge in [0.15, 0.2) is 0 Å². The minimum atomic E-state index is -0.288. The van der Waals surface area contributed by atoms with Crippen LogP contribution < -0.4 is 10.5 Å². The smallest absolute Gasteiger partial charge is 0.137 e. The van der Waals surface area contributed by atoms with Crippen molar-refractivity contribution in [3.05, 3.63) is 48.3 Å². The molecule has 2 aromatic heterocycles. The van der Waals surface area contributed by atoms with Gasteiger partial charge in [-0.15, -0.1) is 0 Å². The van der Waals surface area contributed by atoms with E-state index in [2.05, 4.69) is 15.0 Å². The summed E-state index contributed by atoms with van der Waals surface area (Å²) in [6.45, 7) is 0. The Morgan fingerprint density at radius 3 is 2.44 bits per heavy atom. The predicted molar refractivity (Wildman–Crippen MR) is 58.9 cm³/mol. The Bertz CT molecular complexity index is 461. The molecule has 1 unspecified atom stereocenters. The zero-order valence-corrected chi connectivity index (χ0v) is 8.87. The second-order valence-corrected chi connectivity index (χ2v) is 3.31. The highest BCUT2D eigenvalue weighted by Gasteiger charge is 2.10. The van der Waals surface area contributed by atoms with Crippen LogP contribution in [-0.2, 0) is 0 Å². The molecule has 82 valence electrons. The molecular formula is C11H12N4O. The first-order valence-electron chi connectivity index (χ1n) is 4.80. The van der Waals surface area contributed by atoms with E-state index >= 15 is 0 Å². The van der Waals surface area contributed by atoms with Crippen LogP contribution >= 0.6 is 0 Å². The molecule has 0 fully saturated rings. The lowest BCUT2D eigenvalue weighted by atomic mass is 10.0. The van der Waals surface area contributed by atoms with E-state index in [0.717, 1.165) is 11.1 Å². The summed E-state index contributed by atoms with van der Waals surface area (Å²) >= 11 is 0. The molecule has 0 saturated carbocycles. The van der Waals surface area contributed by atoms with E-state index in [9.17, 15) is 0 Å². The zero-order valence-electron chi connectivity index (χ0n) is 8.87. The first-order chi connectivity index (χ1) is 7.81. The molecule has 1 atom stereocenters. The van der Waals surface area contributed by atoms with Crippen LogP contribution in [0.15, 0.2) is 37.2 Å². The van der Waals surface area contributed by atoms with E-state index in [0.29, 0.717) is 5.75 Å². The maximum atomic E-state index is 6.06. The fourth-order valence-corrected chi connectivity index (χ4v) is 1.38. The summed E-state index contributed by atoms with van der Waals surface area (Å²) in [5.74, 6) is 0.685. The van der Waals surface area contributed by atoms with E-state index in [-0.39, 0.29) is 6.04 Å². The molecule has 2 rings (SSSR count). The Morgan fingerprint density at radius 1 is 1.06 bits per heavy atom. The third kappa shape index (κ3) is 2.14. The lowest BCUT2D eigenvalue weighted by molar-refractivity contribution is 0.412. The van der Waals surface area contributed by atoms with Crippen LogP contribution in [0.5, 0.6) is 5.75 Å². The monoisotopic (exact) mass is 216 g/mol. The molecule has 0 amide bonds. The highest BCUT2D eigenvalue weighted by Crippen LogP contribution is 2.20. The van der Waals surface area contributed by atoms with Crippen LogP contribution in [0.4, 0.5) is 0 Å². The molecular weight excluding hydrogens is 204 g/mol. The standard InChI is InChI=1S/C11H12N4O/c1-16-10-2-8(3-13-6-10)11(12)9-4-14-7-15-5-9/h2-7,11H,12H2,1H3. The molecule has 0 saturated heterocycles. The summed E-state index contributed by atoms with van der Waals surface area (Å²) < 4.78 is 5.09. The van der Waals surface area contributed by atoms with Crippen molar-refractivity contribution in [1.29, 1.82) is 0 Å². The van der Waals surface area contributed by atoms with Crippen LogP contribution in [0.3, 0.4) is 0 Å². The number of ether oxygens (including phenoxy) is 1. The summed E-state index contributed by atoms with van der Waals surface area (Å²) in [6, 6.07) is 1.56. The number of aromatic nitrogens is 3. The summed E-state index contributed by atoms with van der Waals surface area (Å²) in [6.07, 6.45) is 8.20. The molecule has 0 spiro atoms. The molecule has 0 aromatic carbocycles. The van der Waals surface area contributed by atoms with Crippen molar-refractivity contribution in [3.8, 4) is 5.75 Å². The zero-order chi connectivity index (χ0) is 11.4. The highest BCUT2D eigenvalue weighted by atomic mass is 16.5. The van der Waals surface area contributed by atoms with Gasteiger partial charge in [0, 0.05) is 24.2 Å². The number of hydrogen-bond acceptors (Lipinski definition) is 5. The average molecular weight is 216 g/mol. The second-order valence-electron chi connectivity index (χ2n) is 3.31. The maximum absolute atomic E-state index is 6.06. The first-order valence-corrected chi connectivity index (χ1v) is 4.80. The van der Waals surface area contributed by atoms with Crippen molar-refractivity contribution in [2.75, 3.05) is 7.11 Å². The molecule has 0 aliphatic rings. The summed E-state index contributed by atoms with van der Waals surface area (Å²) in [5, 5.41) is 0. The Balaban J connectivity index is 2.30. The molecule has 2 aromatic rings. The summed E-state index contributed by atoms with van der Waals surface area (Å²) in [4.78, 5) is 11.9. The Morgan fingerprint density at radius 2 is 1.75 bits per heavy atom. The quantitative estimate of drug-likeness (QED) is 0.826. The Hall–Kier alpha value is -2.01. The van der Waals surface area contributed by atoms with Crippen molar-refractivity contribution in [1.82, 2.24) is 15.0 Å². The molecule has 0 radical (unpaired) electrons. The lowest BCUT2D eigenvalue weighted by Gasteiger charge is -2.11. The van der Waals surface area contributed by atoms with Gasteiger partial charge in [-0.3, -0.25) is 4.98 Å². The molecule has 0 aliphatic carbocycles. The molecule has 0 bridgehead atoms. The van der Waals surface area contributed by atoms with Crippen molar-refractivity contribution in [3.63, 3.8) is 0 Å². The van der Waals surface area contributed by atoms with Crippen molar-refractivity contribution in [2.45, 2.75) is 6.04 Å².